The molecular weight excluding hydrogens is 310 g/mol. The number of carbonyl (C=O) groups excluding carboxylic acids is 1. The Bertz CT molecular complexity index is 758. The third-order valence-corrected chi connectivity index (χ3v) is 5.46. The van der Waals surface area contributed by atoms with Gasteiger partial charge in [0.05, 0.1) is 24.0 Å². The fraction of sp³-hybridized carbons (Fsp3) is 0.524. The number of aromatic nitrogens is 2. The standard InChI is InChI=1S/C21H29N3O/c1-15(2)12-24-14-22-10-18(24)11-23-19(25)21(13-20(21,4)5)17-8-6-16(3)7-9-17/h6-10,14-15H,11-13H2,1-5H3,(H,23,25)/t21-/m0/s1. The SMILES string of the molecule is Cc1ccc([C@]2(C(=O)NCc3cncn3CC(C)C)CC2(C)C)cc1. The summed E-state index contributed by atoms with van der Waals surface area (Å²) in [5.74, 6) is 0.670. The van der Waals surface area contributed by atoms with E-state index in [1.807, 2.05) is 12.5 Å². The monoisotopic (exact) mass is 339 g/mol. The zero-order chi connectivity index (χ0) is 18.2. The van der Waals surface area contributed by atoms with Gasteiger partial charge in [-0.05, 0) is 30.2 Å². The summed E-state index contributed by atoms with van der Waals surface area (Å²) in [6.45, 7) is 12.2. The molecular formula is C21H29N3O. The number of imidazole rings is 1. The minimum absolute atomic E-state index is 0.00941. The van der Waals surface area contributed by atoms with Gasteiger partial charge in [0.25, 0.3) is 0 Å². The highest BCUT2D eigenvalue weighted by molar-refractivity contribution is 5.93. The van der Waals surface area contributed by atoms with Crippen molar-refractivity contribution >= 4 is 5.91 Å². The quantitative estimate of drug-likeness (QED) is 0.869. The summed E-state index contributed by atoms with van der Waals surface area (Å²) < 4.78 is 2.13. The first-order chi connectivity index (χ1) is 11.8. The van der Waals surface area contributed by atoms with E-state index in [1.54, 1.807) is 0 Å². The topological polar surface area (TPSA) is 46.9 Å². The van der Waals surface area contributed by atoms with Crippen LogP contribution in [-0.2, 0) is 23.3 Å². The number of benzene rings is 1. The lowest BCUT2D eigenvalue weighted by molar-refractivity contribution is -0.124. The summed E-state index contributed by atoms with van der Waals surface area (Å²) in [6, 6.07) is 8.40. The summed E-state index contributed by atoms with van der Waals surface area (Å²) >= 11 is 0. The van der Waals surface area contributed by atoms with Gasteiger partial charge in [-0.25, -0.2) is 4.98 Å². The fourth-order valence-electron chi connectivity index (χ4n) is 3.84. The number of nitrogens with zero attached hydrogens (tertiary/aromatic N) is 2. The van der Waals surface area contributed by atoms with Gasteiger partial charge >= 0.3 is 0 Å². The normalized spacial score (nSPS) is 21.4. The van der Waals surface area contributed by atoms with Crippen LogP contribution < -0.4 is 5.32 Å². The molecule has 0 bridgehead atoms. The maximum absolute atomic E-state index is 13.1. The van der Waals surface area contributed by atoms with Gasteiger partial charge in [-0.3, -0.25) is 4.79 Å². The number of carbonyl (C=O) groups is 1. The molecule has 3 rings (SSSR count). The van der Waals surface area contributed by atoms with E-state index in [2.05, 4.69) is 73.8 Å². The molecule has 1 N–H and O–H groups in total. The van der Waals surface area contributed by atoms with Gasteiger partial charge in [-0.1, -0.05) is 57.5 Å². The number of aryl methyl sites for hydroxylation is 1. The molecule has 1 saturated carbocycles. The Labute approximate surface area is 150 Å². The first-order valence-corrected chi connectivity index (χ1v) is 9.11. The molecule has 1 aliphatic rings. The Hall–Kier alpha value is -2.10. The number of hydrogen-bond donors (Lipinski definition) is 1. The van der Waals surface area contributed by atoms with Crippen LogP contribution in [0.3, 0.4) is 0 Å². The molecule has 0 radical (unpaired) electrons. The van der Waals surface area contributed by atoms with E-state index >= 15 is 0 Å². The van der Waals surface area contributed by atoms with E-state index in [9.17, 15) is 4.79 Å². The summed E-state index contributed by atoms with van der Waals surface area (Å²) in [6.07, 6.45) is 4.58. The van der Waals surface area contributed by atoms with Crippen molar-refractivity contribution in [3.8, 4) is 0 Å². The van der Waals surface area contributed by atoms with Gasteiger partial charge in [-0.15, -0.1) is 0 Å². The zero-order valence-corrected chi connectivity index (χ0v) is 16.0. The van der Waals surface area contributed by atoms with Gasteiger partial charge in [0.2, 0.25) is 5.91 Å². The van der Waals surface area contributed by atoms with E-state index in [4.69, 9.17) is 0 Å². The largest absolute Gasteiger partial charge is 0.350 e. The van der Waals surface area contributed by atoms with E-state index in [1.165, 1.54) is 5.56 Å². The first kappa shape index (κ1) is 17.7. The molecule has 4 heteroatoms. The van der Waals surface area contributed by atoms with Crippen molar-refractivity contribution < 1.29 is 4.79 Å². The van der Waals surface area contributed by atoms with E-state index in [-0.39, 0.29) is 11.3 Å². The van der Waals surface area contributed by atoms with Crippen LogP contribution in [0, 0.1) is 18.3 Å². The second-order valence-electron chi connectivity index (χ2n) is 8.45. The number of nitrogens with one attached hydrogen (secondary N) is 1. The molecule has 0 unspecified atom stereocenters. The van der Waals surface area contributed by atoms with Gasteiger partial charge in [0.15, 0.2) is 0 Å². The Morgan fingerprint density at radius 1 is 1.28 bits per heavy atom. The number of amides is 1. The third kappa shape index (κ3) is 3.22. The number of rotatable bonds is 6. The Kier molecular flexibility index (Phi) is 4.48. The van der Waals surface area contributed by atoms with Crippen molar-refractivity contribution in [1.82, 2.24) is 14.9 Å². The predicted molar refractivity (Wildman–Crippen MR) is 100 cm³/mol. The summed E-state index contributed by atoms with van der Waals surface area (Å²) in [7, 11) is 0. The molecule has 1 aliphatic carbocycles. The zero-order valence-electron chi connectivity index (χ0n) is 16.0. The average molecular weight is 339 g/mol. The molecule has 0 saturated heterocycles. The Morgan fingerprint density at radius 3 is 2.48 bits per heavy atom. The first-order valence-electron chi connectivity index (χ1n) is 9.11. The Morgan fingerprint density at radius 2 is 1.92 bits per heavy atom. The average Bonchev–Trinajstić information content (AvgIpc) is 2.89. The number of hydrogen-bond acceptors (Lipinski definition) is 2. The maximum atomic E-state index is 13.1. The smallest absolute Gasteiger partial charge is 0.231 e. The van der Waals surface area contributed by atoms with Crippen LogP contribution in [0.25, 0.3) is 0 Å². The molecule has 25 heavy (non-hydrogen) atoms. The molecule has 1 atom stereocenters. The molecule has 134 valence electrons. The van der Waals surface area contributed by atoms with Crippen LogP contribution in [0.5, 0.6) is 0 Å². The van der Waals surface area contributed by atoms with Crippen LogP contribution in [0.2, 0.25) is 0 Å². The van der Waals surface area contributed by atoms with Crippen LogP contribution in [0.15, 0.2) is 36.8 Å². The minimum Gasteiger partial charge on any atom is -0.350 e. The molecule has 1 heterocycles. The summed E-state index contributed by atoms with van der Waals surface area (Å²) in [5, 5.41) is 3.17. The summed E-state index contributed by atoms with van der Waals surface area (Å²) in [5.41, 5.74) is 2.97. The predicted octanol–water partition coefficient (Wildman–Crippen LogP) is 3.83. The Balaban J connectivity index is 1.75. The summed E-state index contributed by atoms with van der Waals surface area (Å²) in [4.78, 5) is 17.4. The molecule has 4 nitrogen and oxygen atoms in total. The van der Waals surface area contributed by atoms with Crippen LogP contribution in [0.4, 0.5) is 0 Å². The van der Waals surface area contributed by atoms with Crippen molar-refractivity contribution in [2.45, 2.75) is 59.5 Å². The molecule has 0 aliphatic heterocycles. The van der Waals surface area contributed by atoms with Gasteiger partial charge < -0.3 is 9.88 Å². The highest BCUT2D eigenvalue weighted by Gasteiger charge is 2.66. The molecule has 1 amide bonds. The van der Waals surface area contributed by atoms with Crippen molar-refractivity contribution in [2.24, 2.45) is 11.3 Å². The van der Waals surface area contributed by atoms with Crippen molar-refractivity contribution in [3.63, 3.8) is 0 Å². The molecule has 2 aromatic rings. The second kappa shape index (κ2) is 6.32. The highest BCUT2D eigenvalue weighted by Crippen LogP contribution is 2.64. The lowest BCUT2D eigenvalue weighted by atomic mass is 9.86. The fourth-order valence-corrected chi connectivity index (χ4v) is 3.84. The van der Waals surface area contributed by atoms with E-state index in [0.717, 1.165) is 24.2 Å². The lowest BCUT2D eigenvalue weighted by Crippen LogP contribution is -2.37. The molecule has 1 aromatic carbocycles. The van der Waals surface area contributed by atoms with E-state index in [0.29, 0.717) is 12.5 Å². The van der Waals surface area contributed by atoms with Crippen LogP contribution >= 0.6 is 0 Å². The van der Waals surface area contributed by atoms with Gasteiger partial charge in [0.1, 0.15) is 0 Å². The molecule has 0 spiro atoms. The minimum atomic E-state index is -0.413. The molecule has 1 fully saturated rings. The van der Waals surface area contributed by atoms with Crippen molar-refractivity contribution in [2.75, 3.05) is 0 Å². The van der Waals surface area contributed by atoms with Crippen molar-refractivity contribution in [1.29, 1.82) is 0 Å². The van der Waals surface area contributed by atoms with E-state index < -0.39 is 5.41 Å². The highest BCUT2D eigenvalue weighted by atomic mass is 16.2. The van der Waals surface area contributed by atoms with Crippen molar-refractivity contribution in [3.05, 3.63) is 53.6 Å². The second-order valence-corrected chi connectivity index (χ2v) is 8.45. The maximum Gasteiger partial charge on any atom is 0.231 e. The third-order valence-electron chi connectivity index (χ3n) is 5.46. The van der Waals surface area contributed by atoms with Gasteiger partial charge in [-0.2, -0.15) is 0 Å². The van der Waals surface area contributed by atoms with Gasteiger partial charge in [0, 0.05) is 12.7 Å². The lowest BCUT2D eigenvalue weighted by Gasteiger charge is -2.21. The molecule has 1 aromatic heterocycles. The van der Waals surface area contributed by atoms with Crippen LogP contribution in [-0.4, -0.2) is 15.5 Å². The van der Waals surface area contributed by atoms with Crippen LogP contribution in [0.1, 0.15) is 50.9 Å².